The van der Waals surface area contributed by atoms with Crippen molar-refractivity contribution in [3.05, 3.63) is 52.2 Å². The number of carbonyl (C=O) groups excluding carboxylic acids is 1. The molecule has 0 saturated heterocycles. The third-order valence-corrected chi connectivity index (χ3v) is 3.74. The van der Waals surface area contributed by atoms with Crippen molar-refractivity contribution in [3.8, 4) is 0 Å². The first-order chi connectivity index (χ1) is 11.5. The van der Waals surface area contributed by atoms with Crippen LogP contribution in [0.5, 0.6) is 0 Å². The zero-order valence-electron chi connectivity index (χ0n) is 14.0. The summed E-state index contributed by atoms with van der Waals surface area (Å²) in [7, 11) is 1.57. The number of aromatic nitrogens is 2. The molecule has 6 nitrogen and oxygen atoms in total. The Morgan fingerprint density at radius 3 is 2.46 bits per heavy atom. The topological polar surface area (TPSA) is 67.2 Å². The fourth-order valence-corrected chi connectivity index (χ4v) is 2.45. The Hall–Kier alpha value is -2.70. The molecule has 1 N–H and O–H groups in total. The van der Waals surface area contributed by atoms with Gasteiger partial charge < -0.3 is 10.2 Å². The van der Waals surface area contributed by atoms with Gasteiger partial charge in [0.15, 0.2) is 0 Å². The summed E-state index contributed by atoms with van der Waals surface area (Å²) in [6, 6.07) is 5.73. The van der Waals surface area contributed by atoms with E-state index in [0.29, 0.717) is 30.0 Å². The lowest BCUT2D eigenvalue weighted by molar-refractivity contribution is -0.115. The number of halogens is 1. The van der Waals surface area contributed by atoms with Crippen molar-refractivity contribution in [2.45, 2.75) is 20.3 Å². The fraction of sp³-hybridized carbons (Fsp3) is 0.353. The highest BCUT2D eigenvalue weighted by atomic mass is 19.1. The first-order valence-electron chi connectivity index (χ1n) is 7.81. The SMILES string of the molecule is CCN(CC)c1c(NC(=O)Cc2ccc(F)cc2)cnn(C)c1=O. The molecule has 0 saturated carbocycles. The smallest absolute Gasteiger partial charge is 0.292 e. The van der Waals surface area contributed by atoms with E-state index in [0.717, 1.165) is 0 Å². The molecule has 1 aromatic heterocycles. The number of rotatable bonds is 6. The molecule has 0 bridgehead atoms. The quantitative estimate of drug-likeness (QED) is 0.878. The van der Waals surface area contributed by atoms with Crippen molar-refractivity contribution in [1.29, 1.82) is 0 Å². The highest BCUT2D eigenvalue weighted by molar-refractivity contribution is 5.95. The number of anilines is 2. The van der Waals surface area contributed by atoms with Crippen molar-refractivity contribution in [1.82, 2.24) is 9.78 Å². The zero-order valence-corrected chi connectivity index (χ0v) is 14.0. The number of nitrogens with one attached hydrogen (secondary N) is 1. The minimum absolute atomic E-state index is 0.0905. The molecule has 0 fully saturated rings. The maximum absolute atomic E-state index is 12.9. The average molecular weight is 332 g/mol. The molecule has 2 aromatic rings. The number of nitrogens with zero attached hydrogens (tertiary/aromatic N) is 3. The summed E-state index contributed by atoms with van der Waals surface area (Å²) < 4.78 is 14.2. The summed E-state index contributed by atoms with van der Waals surface area (Å²) in [4.78, 5) is 26.5. The zero-order chi connectivity index (χ0) is 17.7. The molecular weight excluding hydrogens is 311 g/mol. The van der Waals surface area contributed by atoms with Gasteiger partial charge in [0.25, 0.3) is 5.56 Å². The van der Waals surface area contributed by atoms with Crippen LogP contribution in [0.3, 0.4) is 0 Å². The lowest BCUT2D eigenvalue weighted by atomic mass is 10.1. The lowest BCUT2D eigenvalue weighted by Crippen LogP contribution is -2.34. The van der Waals surface area contributed by atoms with E-state index < -0.39 is 0 Å². The van der Waals surface area contributed by atoms with Crippen LogP contribution in [0.2, 0.25) is 0 Å². The van der Waals surface area contributed by atoms with E-state index in [1.54, 1.807) is 19.2 Å². The van der Waals surface area contributed by atoms with Crippen LogP contribution in [0.1, 0.15) is 19.4 Å². The van der Waals surface area contributed by atoms with Gasteiger partial charge in [-0.2, -0.15) is 5.10 Å². The Labute approximate surface area is 139 Å². The second-order valence-corrected chi connectivity index (χ2v) is 5.36. The van der Waals surface area contributed by atoms with Gasteiger partial charge in [-0.05, 0) is 31.5 Å². The number of aryl methyl sites for hydroxylation is 1. The molecule has 0 spiro atoms. The molecule has 0 radical (unpaired) electrons. The predicted molar refractivity (Wildman–Crippen MR) is 91.8 cm³/mol. The number of hydrogen-bond donors (Lipinski definition) is 1. The van der Waals surface area contributed by atoms with Crippen LogP contribution in [0.15, 0.2) is 35.3 Å². The Morgan fingerprint density at radius 1 is 1.25 bits per heavy atom. The average Bonchev–Trinajstić information content (AvgIpc) is 2.56. The van der Waals surface area contributed by atoms with E-state index in [2.05, 4.69) is 10.4 Å². The van der Waals surface area contributed by atoms with Gasteiger partial charge >= 0.3 is 0 Å². The van der Waals surface area contributed by atoms with E-state index in [4.69, 9.17) is 0 Å². The second kappa shape index (κ2) is 7.72. The van der Waals surface area contributed by atoms with Gasteiger partial charge in [-0.1, -0.05) is 12.1 Å². The van der Waals surface area contributed by atoms with Crippen molar-refractivity contribution in [2.24, 2.45) is 7.05 Å². The van der Waals surface area contributed by atoms with Crippen LogP contribution in [-0.2, 0) is 18.3 Å². The van der Waals surface area contributed by atoms with E-state index in [1.807, 2.05) is 18.7 Å². The highest BCUT2D eigenvalue weighted by Crippen LogP contribution is 2.20. The molecule has 7 heteroatoms. The van der Waals surface area contributed by atoms with Crippen LogP contribution in [-0.4, -0.2) is 28.8 Å². The van der Waals surface area contributed by atoms with Crippen molar-refractivity contribution in [2.75, 3.05) is 23.3 Å². The summed E-state index contributed by atoms with van der Waals surface area (Å²) in [5.41, 5.74) is 1.23. The first kappa shape index (κ1) is 17.7. The van der Waals surface area contributed by atoms with Crippen LogP contribution >= 0.6 is 0 Å². The Balaban J connectivity index is 2.25. The Kier molecular flexibility index (Phi) is 5.68. The van der Waals surface area contributed by atoms with Crippen LogP contribution in [0, 0.1) is 5.82 Å². The standard InChI is InChI=1S/C17H21FN4O2/c1-4-22(5-2)16-14(11-19-21(3)17(16)24)20-15(23)10-12-6-8-13(18)9-7-12/h6-9,11H,4-5,10H2,1-3H3,(H,20,23). The first-order valence-corrected chi connectivity index (χ1v) is 7.81. The maximum atomic E-state index is 12.9. The molecule has 0 unspecified atom stereocenters. The molecule has 0 atom stereocenters. The van der Waals surface area contributed by atoms with Gasteiger partial charge in [-0.15, -0.1) is 0 Å². The molecule has 0 aliphatic rings. The van der Waals surface area contributed by atoms with Crippen LogP contribution in [0.4, 0.5) is 15.8 Å². The molecule has 0 aliphatic heterocycles. The fourth-order valence-electron chi connectivity index (χ4n) is 2.45. The Bertz CT molecular complexity index is 767. The van der Waals surface area contributed by atoms with E-state index >= 15 is 0 Å². The molecule has 24 heavy (non-hydrogen) atoms. The number of hydrogen-bond acceptors (Lipinski definition) is 4. The summed E-state index contributed by atoms with van der Waals surface area (Å²) in [5, 5.41) is 6.72. The molecule has 0 aliphatic carbocycles. The van der Waals surface area contributed by atoms with Gasteiger partial charge in [0.05, 0.1) is 18.3 Å². The molecule has 2 rings (SSSR count). The Morgan fingerprint density at radius 2 is 1.88 bits per heavy atom. The van der Waals surface area contributed by atoms with E-state index in [-0.39, 0.29) is 23.7 Å². The van der Waals surface area contributed by atoms with Gasteiger partial charge in [-0.3, -0.25) is 9.59 Å². The third-order valence-electron chi connectivity index (χ3n) is 3.74. The number of carbonyl (C=O) groups is 1. The summed E-state index contributed by atoms with van der Waals surface area (Å²) in [6.07, 6.45) is 1.56. The van der Waals surface area contributed by atoms with Gasteiger partial charge in [-0.25, -0.2) is 9.07 Å². The van der Waals surface area contributed by atoms with Crippen molar-refractivity contribution in [3.63, 3.8) is 0 Å². The second-order valence-electron chi connectivity index (χ2n) is 5.36. The van der Waals surface area contributed by atoms with Gasteiger partial charge in [0.1, 0.15) is 11.5 Å². The number of amides is 1. The monoisotopic (exact) mass is 332 g/mol. The largest absolute Gasteiger partial charge is 0.366 e. The summed E-state index contributed by atoms with van der Waals surface area (Å²) in [6.45, 7) is 5.15. The molecule has 1 heterocycles. The lowest BCUT2D eigenvalue weighted by Gasteiger charge is -2.23. The third kappa shape index (κ3) is 3.98. The minimum Gasteiger partial charge on any atom is -0.366 e. The highest BCUT2D eigenvalue weighted by Gasteiger charge is 2.17. The summed E-state index contributed by atoms with van der Waals surface area (Å²) in [5.74, 6) is -0.635. The minimum atomic E-state index is -0.348. The molecule has 1 aromatic carbocycles. The van der Waals surface area contributed by atoms with Crippen LogP contribution in [0.25, 0.3) is 0 Å². The molecule has 128 valence electrons. The normalized spacial score (nSPS) is 10.5. The molecular formula is C17H21FN4O2. The van der Waals surface area contributed by atoms with Crippen LogP contribution < -0.4 is 15.8 Å². The van der Waals surface area contributed by atoms with E-state index in [1.165, 1.54) is 23.0 Å². The van der Waals surface area contributed by atoms with E-state index in [9.17, 15) is 14.0 Å². The maximum Gasteiger partial charge on any atom is 0.292 e. The predicted octanol–water partition coefficient (Wildman–Crippen LogP) is 1.95. The number of benzene rings is 1. The van der Waals surface area contributed by atoms with Gasteiger partial charge in [0.2, 0.25) is 5.91 Å². The summed E-state index contributed by atoms with van der Waals surface area (Å²) >= 11 is 0. The van der Waals surface area contributed by atoms with Gasteiger partial charge in [0, 0.05) is 20.1 Å². The van der Waals surface area contributed by atoms with Crippen molar-refractivity contribution < 1.29 is 9.18 Å². The molecule has 1 amide bonds. The van der Waals surface area contributed by atoms with Crippen molar-refractivity contribution >= 4 is 17.3 Å².